The molecule has 170 valence electrons. The number of hydrogen-bond acceptors (Lipinski definition) is 4. The minimum Gasteiger partial charge on any atom is -0.406 e. The topological polar surface area (TPSA) is 87.7 Å². The van der Waals surface area contributed by atoms with Crippen LogP contribution in [-0.4, -0.2) is 35.7 Å². The van der Waals surface area contributed by atoms with Gasteiger partial charge in [0.2, 0.25) is 5.91 Å². The molecule has 0 aliphatic carbocycles. The zero-order valence-electron chi connectivity index (χ0n) is 17.3. The van der Waals surface area contributed by atoms with Gasteiger partial charge < -0.3 is 15.4 Å². The number of anilines is 1. The zero-order chi connectivity index (χ0) is 23.8. The molecular formula is C23H18F3N3O4. The van der Waals surface area contributed by atoms with Gasteiger partial charge in [-0.05, 0) is 47.5 Å². The SMILES string of the molecule is CC1(c2cccc3ccccc23)NC(=O)N(CC(=O)Nc2ccc(OC(F)(F)F)cc2)C1=O. The summed E-state index contributed by atoms with van der Waals surface area (Å²) in [7, 11) is 0. The minimum absolute atomic E-state index is 0.179. The van der Waals surface area contributed by atoms with Crippen LogP contribution in [0.5, 0.6) is 5.75 Å². The zero-order valence-corrected chi connectivity index (χ0v) is 17.3. The Kier molecular flexibility index (Phi) is 5.44. The molecule has 3 aromatic carbocycles. The summed E-state index contributed by atoms with van der Waals surface area (Å²) in [5, 5.41) is 6.81. The molecule has 1 aliphatic rings. The van der Waals surface area contributed by atoms with Gasteiger partial charge in [-0.3, -0.25) is 14.5 Å². The van der Waals surface area contributed by atoms with Crippen molar-refractivity contribution in [3.8, 4) is 5.75 Å². The third-order valence-corrected chi connectivity index (χ3v) is 5.28. The van der Waals surface area contributed by atoms with Crippen LogP contribution in [0.15, 0.2) is 66.7 Å². The molecule has 7 nitrogen and oxygen atoms in total. The Morgan fingerprint density at radius 3 is 2.39 bits per heavy atom. The van der Waals surface area contributed by atoms with Gasteiger partial charge in [0.25, 0.3) is 5.91 Å². The van der Waals surface area contributed by atoms with E-state index in [9.17, 15) is 27.6 Å². The van der Waals surface area contributed by atoms with Crippen molar-refractivity contribution in [3.05, 3.63) is 72.3 Å². The van der Waals surface area contributed by atoms with Crippen LogP contribution in [0.4, 0.5) is 23.7 Å². The first-order valence-electron chi connectivity index (χ1n) is 9.85. The maximum atomic E-state index is 13.2. The summed E-state index contributed by atoms with van der Waals surface area (Å²) in [6, 6.07) is 16.6. The summed E-state index contributed by atoms with van der Waals surface area (Å²) >= 11 is 0. The van der Waals surface area contributed by atoms with Crippen molar-refractivity contribution in [1.82, 2.24) is 10.2 Å². The first-order chi connectivity index (χ1) is 15.6. The van der Waals surface area contributed by atoms with Crippen LogP contribution >= 0.6 is 0 Å². The summed E-state index contributed by atoms with van der Waals surface area (Å²) in [6.45, 7) is 1.01. The van der Waals surface area contributed by atoms with E-state index in [2.05, 4.69) is 15.4 Å². The van der Waals surface area contributed by atoms with Gasteiger partial charge >= 0.3 is 12.4 Å². The summed E-state index contributed by atoms with van der Waals surface area (Å²) in [4.78, 5) is 39.0. The fraction of sp³-hybridized carbons (Fsp3) is 0.174. The van der Waals surface area contributed by atoms with Crippen molar-refractivity contribution in [1.29, 1.82) is 0 Å². The van der Waals surface area contributed by atoms with Crippen molar-refractivity contribution in [3.63, 3.8) is 0 Å². The van der Waals surface area contributed by atoms with Crippen LogP contribution in [0, 0.1) is 0 Å². The van der Waals surface area contributed by atoms with Crippen LogP contribution in [0.25, 0.3) is 10.8 Å². The van der Waals surface area contributed by atoms with Gasteiger partial charge in [-0.15, -0.1) is 13.2 Å². The highest BCUT2D eigenvalue weighted by Gasteiger charge is 2.50. The molecule has 1 atom stereocenters. The maximum absolute atomic E-state index is 13.2. The number of halogens is 3. The smallest absolute Gasteiger partial charge is 0.406 e. The predicted octanol–water partition coefficient (Wildman–Crippen LogP) is 4.14. The number of fused-ring (bicyclic) bond motifs is 1. The molecule has 4 amide bonds. The molecule has 1 fully saturated rings. The van der Waals surface area contributed by atoms with E-state index < -0.39 is 42.0 Å². The molecule has 1 unspecified atom stereocenters. The molecule has 3 aromatic rings. The second-order valence-corrected chi connectivity index (χ2v) is 7.59. The van der Waals surface area contributed by atoms with Gasteiger partial charge in [0.1, 0.15) is 17.8 Å². The monoisotopic (exact) mass is 457 g/mol. The van der Waals surface area contributed by atoms with Gasteiger partial charge in [-0.1, -0.05) is 42.5 Å². The highest BCUT2D eigenvalue weighted by molar-refractivity contribution is 6.11. The summed E-state index contributed by atoms with van der Waals surface area (Å²) < 4.78 is 40.5. The Bertz CT molecular complexity index is 1240. The highest BCUT2D eigenvalue weighted by atomic mass is 19.4. The molecule has 0 spiro atoms. The standard InChI is InChI=1S/C23H18F3N3O4/c1-22(18-8-4-6-14-5-2-3-7-17(14)18)20(31)29(21(32)28-22)13-19(30)27-15-9-11-16(12-10-15)33-23(24,25)26/h2-12H,13H2,1H3,(H,27,30)(H,28,32). The first-order valence-corrected chi connectivity index (χ1v) is 9.85. The molecular weight excluding hydrogens is 439 g/mol. The Morgan fingerprint density at radius 1 is 1.03 bits per heavy atom. The summed E-state index contributed by atoms with van der Waals surface area (Å²) in [5.74, 6) is -1.72. The number of hydrogen-bond donors (Lipinski definition) is 2. The molecule has 1 saturated heterocycles. The fourth-order valence-corrected chi connectivity index (χ4v) is 3.77. The van der Waals surface area contributed by atoms with E-state index in [0.29, 0.717) is 5.56 Å². The number of carbonyl (C=O) groups is 3. The Hall–Kier alpha value is -4.08. The number of carbonyl (C=O) groups excluding carboxylic acids is 3. The number of imide groups is 1. The Labute approximate surface area is 186 Å². The molecule has 2 N–H and O–H groups in total. The first kappa shape index (κ1) is 22.1. The van der Waals surface area contributed by atoms with E-state index >= 15 is 0 Å². The van der Waals surface area contributed by atoms with Crippen molar-refractivity contribution in [2.24, 2.45) is 0 Å². The lowest BCUT2D eigenvalue weighted by Crippen LogP contribution is -2.42. The summed E-state index contributed by atoms with van der Waals surface area (Å²) in [6.07, 6.45) is -4.83. The Morgan fingerprint density at radius 2 is 1.70 bits per heavy atom. The van der Waals surface area contributed by atoms with Gasteiger partial charge in [-0.25, -0.2) is 4.79 Å². The molecule has 0 bridgehead atoms. The molecule has 10 heteroatoms. The normalized spacial score (nSPS) is 18.4. The molecule has 0 radical (unpaired) electrons. The van der Waals surface area contributed by atoms with E-state index in [-0.39, 0.29) is 5.69 Å². The van der Waals surface area contributed by atoms with Crippen LogP contribution in [0.3, 0.4) is 0 Å². The highest BCUT2D eigenvalue weighted by Crippen LogP contribution is 2.33. The molecule has 33 heavy (non-hydrogen) atoms. The van der Waals surface area contributed by atoms with Crippen molar-refractivity contribution in [2.45, 2.75) is 18.8 Å². The minimum atomic E-state index is -4.83. The van der Waals surface area contributed by atoms with Gasteiger partial charge in [0.05, 0.1) is 0 Å². The second-order valence-electron chi connectivity index (χ2n) is 7.59. The second kappa shape index (κ2) is 8.12. The fourth-order valence-electron chi connectivity index (χ4n) is 3.77. The van der Waals surface area contributed by atoms with Crippen LogP contribution in [-0.2, 0) is 15.1 Å². The molecule has 0 saturated carbocycles. The van der Waals surface area contributed by atoms with Crippen LogP contribution < -0.4 is 15.4 Å². The van der Waals surface area contributed by atoms with Crippen molar-refractivity contribution in [2.75, 3.05) is 11.9 Å². The number of nitrogens with zero attached hydrogens (tertiary/aromatic N) is 1. The number of amides is 4. The third-order valence-electron chi connectivity index (χ3n) is 5.28. The Balaban J connectivity index is 1.48. The van der Waals surface area contributed by atoms with E-state index in [1.807, 2.05) is 30.3 Å². The average molecular weight is 457 g/mol. The average Bonchev–Trinajstić information content (AvgIpc) is 2.97. The number of urea groups is 1. The lowest BCUT2D eigenvalue weighted by atomic mass is 9.88. The molecule has 0 aromatic heterocycles. The van der Waals surface area contributed by atoms with E-state index in [1.54, 1.807) is 19.1 Å². The van der Waals surface area contributed by atoms with Gasteiger partial charge in [0.15, 0.2) is 0 Å². The summed E-state index contributed by atoms with van der Waals surface area (Å²) in [5.41, 5.74) is -0.588. The lowest BCUT2D eigenvalue weighted by Gasteiger charge is -2.24. The largest absolute Gasteiger partial charge is 0.573 e. The molecule has 1 aliphatic heterocycles. The number of alkyl halides is 3. The maximum Gasteiger partial charge on any atom is 0.573 e. The van der Waals surface area contributed by atoms with E-state index in [0.717, 1.165) is 27.8 Å². The lowest BCUT2D eigenvalue weighted by molar-refractivity contribution is -0.274. The van der Waals surface area contributed by atoms with Crippen molar-refractivity contribution < 1.29 is 32.3 Å². The van der Waals surface area contributed by atoms with Gasteiger partial charge in [-0.2, -0.15) is 0 Å². The van der Waals surface area contributed by atoms with Crippen LogP contribution in [0.1, 0.15) is 12.5 Å². The van der Waals surface area contributed by atoms with E-state index in [1.165, 1.54) is 12.1 Å². The molecule has 1 heterocycles. The van der Waals surface area contributed by atoms with Crippen LogP contribution in [0.2, 0.25) is 0 Å². The number of nitrogens with one attached hydrogen (secondary N) is 2. The predicted molar refractivity (Wildman–Crippen MR) is 113 cm³/mol. The van der Waals surface area contributed by atoms with Gasteiger partial charge in [0, 0.05) is 5.69 Å². The number of ether oxygens (including phenoxy) is 1. The third kappa shape index (κ3) is 4.45. The number of rotatable bonds is 5. The van der Waals surface area contributed by atoms with Crippen molar-refractivity contribution >= 4 is 34.3 Å². The quantitative estimate of drug-likeness (QED) is 0.564. The molecule has 4 rings (SSSR count). The number of benzene rings is 3. The van der Waals surface area contributed by atoms with E-state index in [4.69, 9.17) is 0 Å².